The van der Waals surface area contributed by atoms with Crippen LogP contribution in [0.25, 0.3) is 16.5 Å². The number of rotatable bonds is 8. The van der Waals surface area contributed by atoms with Crippen molar-refractivity contribution >= 4 is 34.2 Å². The van der Waals surface area contributed by atoms with Crippen LogP contribution in [0.5, 0.6) is 5.75 Å². The lowest BCUT2D eigenvalue weighted by molar-refractivity contribution is -0.146. The van der Waals surface area contributed by atoms with Gasteiger partial charge in [-0.2, -0.15) is 5.10 Å². The molecule has 1 unspecified atom stereocenters. The van der Waals surface area contributed by atoms with Gasteiger partial charge in [0.1, 0.15) is 24.3 Å². The van der Waals surface area contributed by atoms with E-state index in [2.05, 4.69) is 41.3 Å². The van der Waals surface area contributed by atoms with Gasteiger partial charge in [-0.3, -0.25) is 20.0 Å². The van der Waals surface area contributed by atoms with Gasteiger partial charge >= 0.3 is 6.03 Å². The van der Waals surface area contributed by atoms with Crippen LogP contribution in [0, 0.1) is 6.92 Å². The fourth-order valence-corrected chi connectivity index (χ4v) is 5.02. The van der Waals surface area contributed by atoms with E-state index in [1.807, 2.05) is 61.5 Å². The molecule has 2 aromatic carbocycles. The Hall–Kier alpha value is -4.48. The molecule has 0 aliphatic carbocycles. The van der Waals surface area contributed by atoms with Crippen LogP contribution < -0.4 is 15.4 Å². The molecule has 232 valence electrons. The predicted molar refractivity (Wildman–Crippen MR) is 172 cm³/mol. The smallest absolute Gasteiger partial charge is 0.324 e. The average Bonchev–Trinajstić information content (AvgIpc) is 3.42. The Morgan fingerprint density at radius 3 is 2.55 bits per heavy atom. The van der Waals surface area contributed by atoms with E-state index in [0.29, 0.717) is 37.8 Å². The quantitative estimate of drug-likeness (QED) is 0.298. The first-order valence-corrected chi connectivity index (χ1v) is 14.8. The number of morpholine rings is 1. The van der Waals surface area contributed by atoms with E-state index < -0.39 is 6.10 Å². The Labute approximate surface area is 258 Å². The number of hydrogen-bond donors (Lipinski definition) is 2. The number of fused-ring (bicyclic) bond motifs is 1. The lowest BCUT2D eigenvalue weighted by atomic mass is 9.92. The van der Waals surface area contributed by atoms with Crippen molar-refractivity contribution in [3.05, 3.63) is 72.2 Å². The van der Waals surface area contributed by atoms with Crippen molar-refractivity contribution in [2.24, 2.45) is 0 Å². The summed E-state index contributed by atoms with van der Waals surface area (Å²) >= 11 is 0. The summed E-state index contributed by atoms with van der Waals surface area (Å²) in [6.07, 6.45) is 1.29. The maximum Gasteiger partial charge on any atom is 0.324 e. The van der Waals surface area contributed by atoms with Gasteiger partial charge in [-0.1, -0.05) is 45.0 Å². The van der Waals surface area contributed by atoms with E-state index in [-0.39, 0.29) is 17.4 Å². The van der Waals surface area contributed by atoms with E-state index in [1.54, 1.807) is 29.9 Å². The fourth-order valence-electron chi connectivity index (χ4n) is 5.02. The molecule has 1 fully saturated rings. The van der Waals surface area contributed by atoms with Gasteiger partial charge in [0.2, 0.25) is 0 Å². The Morgan fingerprint density at radius 1 is 1.07 bits per heavy atom. The van der Waals surface area contributed by atoms with Crippen LogP contribution >= 0.6 is 0 Å². The number of nitrogens with one attached hydrogen (secondary N) is 2. The first kappa shape index (κ1) is 31.0. The number of anilines is 2. The number of ether oxygens (including phenoxy) is 2. The molecular formula is C33H41N7O4. The summed E-state index contributed by atoms with van der Waals surface area (Å²) in [5.41, 5.74) is 2.94. The topological polar surface area (TPSA) is 114 Å². The van der Waals surface area contributed by atoms with E-state index in [1.165, 1.54) is 0 Å². The monoisotopic (exact) mass is 599 g/mol. The molecular weight excluding hydrogens is 558 g/mol. The molecule has 11 nitrogen and oxygen atoms in total. The number of amides is 3. The van der Waals surface area contributed by atoms with Crippen LogP contribution in [0.1, 0.15) is 32.2 Å². The van der Waals surface area contributed by atoms with Crippen molar-refractivity contribution in [2.45, 2.75) is 39.2 Å². The molecule has 3 amide bonds. The van der Waals surface area contributed by atoms with Crippen molar-refractivity contribution in [3.8, 4) is 11.4 Å². The summed E-state index contributed by atoms with van der Waals surface area (Å²) in [7, 11) is 3.48. The lowest BCUT2D eigenvalue weighted by Crippen LogP contribution is -2.50. The van der Waals surface area contributed by atoms with Crippen molar-refractivity contribution in [3.63, 3.8) is 0 Å². The molecule has 0 bridgehead atoms. The maximum atomic E-state index is 13.3. The fraction of sp³-hybridized carbons (Fsp3) is 0.394. The lowest BCUT2D eigenvalue weighted by Gasteiger charge is -2.33. The van der Waals surface area contributed by atoms with Crippen LogP contribution in [0.4, 0.5) is 16.3 Å². The number of aryl methyl sites for hydroxylation is 1. The van der Waals surface area contributed by atoms with Crippen molar-refractivity contribution in [1.29, 1.82) is 0 Å². The van der Waals surface area contributed by atoms with Crippen LogP contribution in [0.2, 0.25) is 0 Å². The zero-order valence-corrected chi connectivity index (χ0v) is 26.3. The second-order valence-electron chi connectivity index (χ2n) is 12.2. The molecule has 11 heteroatoms. The Bertz CT molecular complexity index is 1630. The Balaban J connectivity index is 1.28. The van der Waals surface area contributed by atoms with Gasteiger partial charge in [0.15, 0.2) is 0 Å². The number of urea groups is 1. The molecule has 3 heterocycles. The molecule has 4 aromatic rings. The Morgan fingerprint density at radius 2 is 1.84 bits per heavy atom. The third-order valence-electron chi connectivity index (χ3n) is 7.52. The van der Waals surface area contributed by atoms with Crippen LogP contribution in [-0.4, -0.2) is 89.5 Å². The number of likely N-dealkylation sites (N-methyl/N-ethyl adjacent to an activating group) is 1. The minimum Gasteiger partial charge on any atom is -0.492 e. The van der Waals surface area contributed by atoms with Gasteiger partial charge < -0.3 is 19.7 Å². The predicted octanol–water partition coefficient (Wildman–Crippen LogP) is 4.84. The van der Waals surface area contributed by atoms with Gasteiger partial charge in [0.25, 0.3) is 5.91 Å². The van der Waals surface area contributed by atoms with Gasteiger partial charge in [-0.25, -0.2) is 9.48 Å². The largest absolute Gasteiger partial charge is 0.492 e. The average molecular weight is 600 g/mol. The van der Waals surface area contributed by atoms with Crippen molar-refractivity contribution in [1.82, 2.24) is 24.6 Å². The molecule has 44 heavy (non-hydrogen) atoms. The first-order valence-electron chi connectivity index (χ1n) is 14.8. The third kappa shape index (κ3) is 7.17. The zero-order chi connectivity index (χ0) is 31.4. The summed E-state index contributed by atoms with van der Waals surface area (Å²) in [4.78, 5) is 33.8. The highest BCUT2D eigenvalue weighted by atomic mass is 16.5. The highest BCUT2D eigenvalue weighted by Gasteiger charge is 2.27. The van der Waals surface area contributed by atoms with Gasteiger partial charge in [0, 0.05) is 61.7 Å². The molecule has 5 rings (SSSR count). The summed E-state index contributed by atoms with van der Waals surface area (Å²) in [5, 5.41) is 12.5. The van der Waals surface area contributed by atoms with E-state index in [4.69, 9.17) is 14.6 Å². The van der Waals surface area contributed by atoms with E-state index in [9.17, 15) is 9.59 Å². The van der Waals surface area contributed by atoms with Gasteiger partial charge in [0.05, 0.1) is 29.9 Å². The number of nitrogens with zero attached hydrogens (tertiary/aromatic N) is 5. The number of carbonyl (C=O) groups excluding carboxylic acids is 2. The van der Waals surface area contributed by atoms with Gasteiger partial charge in [-0.15, -0.1) is 0 Å². The molecule has 2 N–H and O–H groups in total. The standard InChI is InChI=1S/C33H41N7O4/c1-22-11-12-23(20-34-22)40-30(19-29(37-40)33(2,3)4)36-32(42)35-26-13-14-27(25-10-8-7-9-24(25)26)43-17-15-39-16-18-44-28(21-39)31(41)38(5)6/h7-14,19-20,28H,15-18,21H2,1-6H3,(H2,35,36,42). The van der Waals surface area contributed by atoms with Gasteiger partial charge in [-0.05, 0) is 31.2 Å². The molecule has 1 aliphatic heterocycles. The van der Waals surface area contributed by atoms with Crippen LogP contribution in [0.3, 0.4) is 0 Å². The number of carbonyl (C=O) groups is 2. The second-order valence-corrected chi connectivity index (χ2v) is 12.2. The summed E-state index contributed by atoms with van der Waals surface area (Å²) < 4.78 is 13.6. The summed E-state index contributed by atoms with van der Waals surface area (Å²) in [5.74, 6) is 1.24. The first-order chi connectivity index (χ1) is 21.0. The highest BCUT2D eigenvalue weighted by Crippen LogP contribution is 2.32. The van der Waals surface area contributed by atoms with E-state index >= 15 is 0 Å². The number of pyridine rings is 1. The third-order valence-corrected chi connectivity index (χ3v) is 7.52. The summed E-state index contributed by atoms with van der Waals surface area (Å²) in [6, 6.07) is 16.9. The zero-order valence-electron chi connectivity index (χ0n) is 26.3. The SMILES string of the molecule is Cc1ccc(-n2nc(C(C)(C)C)cc2NC(=O)Nc2ccc(OCCN3CCOC(C(=O)N(C)C)C3)c3ccccc23)cn1. The number of hydrogen-bond acceptors (Lipinski definition) is 7. The Kier molecular flexibility index (Phi) is 9.17. The molecule has 1 aliphatic rings. The summed E-state index contributed by atoms with van der Waals surface area (Å²) in [6.45, 7) is 11.1. The number of aromatic nitrogens is 3. The minimum absolute atomic E-state index is 0.0278. The number of benzene rings is 2. The van der Waals surface area contributed by atoms with Crippen molar-refractivity contribution < 1.29 is 19.1 Å². The maximum absolute atomic E-state index is 13.3. The molecule has 0 saturated carbocycles. The molecule has 1 saturated heterocycles. The highest BCUT2D eigenvalue weighted by molar-refractivity contribution is 6.07. The van der Waals surface area contributed by atoms with E-state index in [0.717, 1.165) is 40.1 Å². The molecule has 2 aromatic heterocycles. The normalized spacial score (nSPS) is 15.6. The molecule has 0 spiro atoms. The molecule has 1 atom stereocenters. The minimum atomic E-state index is -0.455. The molecule has 0 radical (unpaired) electrons. The van der Waals surface area contributed by atoms with Crippen molar-refractivity contribution in [2.75, 3.05) is 57.6 Å². The second kappa shape index (κ2) is 13.0. The van der Waals surface area contributed by atoms with Crippen LogP contribution in [0.15, 0.2) is 60.8 Å². The van der Waals surface area contributed by atoms with Crippen LogP contribution in [-0.2, 0) is 14.9 Å².